The van der Waals surface area contributed by atoms with Crippen LogP contribution in [0.3, 0.4) is 0 Å². The van der Waals surface area contributed by atoms with Gasteiger partial charge in [0.15, 0.2) is 0 Å². The number of halogens is 1. The van der Waals surface area contributed by atoms with Gasteiger partial charge in [0, 0.05) is 5.69 Å². The Balaban J connectivity index is 1.80. The van der Waals surface area contributed by atoms with Crippen LogP contribution >= 0.6 is 0 Å². The van der Waals surface area contributed by atoms with E-state index in [0.29, 0.717) is 17.0 Å². The lowest BCUT2D eigenvalue weighted by Crippen LogP contribution is -2.56. The summed E-state index contributed by atoms with van der Waals surface area (Å²) in [6.07, 6.45) is 0. The number of carbonyl (C=O) groups excluding carboxylic acids is 2. The Kier molecular flexibility index (Phi) is 4.99. The van der Waals surface area contributed by atoms with Gasteiger partial charge in [-0.1, -0.05) is 42.5 Å². The Morgan fingerprint density at radius 2 is 1.55 bits per heavy atom. The molecular formula is C23H19FN2O3. The molecule has 3 aromatic rings. The van der Waals surface area contributed by atoms with Crippen LogP contribution in [0, 0.1) is 5.82 Å². The summed E-state index contributed by atoms with van der Waals surface area (Å²) in [6.45, 7) is -0.241. The average molecular weight is 390 g/mol. The number of hydrogen-bond donors (Lipinski definition) is 0. The summed E-state index contributed by atoms with van der Waals surface area (Å²) in [4.78, 5) is 29.3. The summed E-state index contributed by atoms with van der Waals surface area (Å²) in [6, 6.07) is 21.0. The molecule has 0 unspecified atom stereocenters. The van der Waals surface area contributed by atoms with Gasteiger partial charge in [0.2, 0.25) is 5.91 Å². The van der Waals surface area contributed by atoms with E-state index in [4.69, 9.17) is 4.74 Å². The van der Waals surface area contributed by atoms with E-state index in [2.05, 4.69) is 0 Å². The van der Waals surface area contributed by atoms with Crippen LogP contribution < -0.4 is 14.5 Å². The van der Waals surface area contributed by atoms with Crippen molar-refractivity contribution in [3.63, 3.8) is 0 Å². The molecule has 1 aliphatic rings. The Hall–Kier alpha value is -3.67. The van der Waals surface area contributed by atoms with Crippen LogP contribution in [-0.2, 0) is 9.59 Å². The molecular weight excluding hydrogens is 371 g/mol. The van der Waals surface area contributed by atoms with Crippen molar-refractivity contribution < 1.29 is 18.7 Å². The Bertz CT molecular complexity index is 1040. The van der Waals surface area contributed by atoms with Gasteiger partial charge in [-0.3, -0.25) is 19.4 Å². The van der Waals surface area contributed by atoms with E-state index in [0.717, 1.165) is 0 Å². The minimum atomic E-state index is -0.898. The third kappa shape index (κ3) is 3.45. The maximum absolute atomic E-state index is 14.4. The van der Waals surface area contributed by atoms with Gasteiger partial charge in [0.05, 0.1) is 12.8 Å². The molecule has 1 fully saturated rings. The zero-order valence-electron chi connectivity index (χ0n) is 15.8. The van der Waals surface area contributed by atoms with Crippen LogP contribution in [0.25, 0.3) is 0 Å². The lowest BCUT2D eigenvalue weighted by atomic mass is 9.99. The third-order valence-electron chi connectivity index (χ3n) is 4.93. The molecule has 29 heavy (non-hydrogen) atoms. The summed E-state index contributed by atoms with van der Waals surface area (Å²) in [5, 5.41) is 0. The molecule has 1 heterocycles. The first-order valence-corrected chi connectivity index (χ1v) is 9.17. The van der Waals surface area contributed by atoms with Gasteiger partial charge in [-0.05, 0) is 42.0 Å². The molecule has 0 aliphatic carbocycles. The van der Waals surface area contributed by atoms with Crippen LogP contribution in [0.5, 0.6) is 5.75 Å². The Morgan fingerprint density at radius 1 is 0.897 bits per heavy atom. The van der Waals surface area contributed by atoms with Crippen molar-refractivity contribution >= 4 is 23.2 Å². The quantitative estimate of drug-likeness (QED) is 0.678. The van der Waals surface area contributed by atoms with E-state index < -0.39 is 11.9 Å². The minimum absolute atomic E-state index is 0.0983. The molecule has 3 aromatic carbocycles. The van der Waals surface area contributed by atoms with E-state index in [1.54, 1.807) is 67.8 Å². The smallest absolute Gasteiger partial charge is 0.255 e. The molecule has 2 amide bonds. The van der Waals surface area contributed by atoms with Gasteiger partial charge in [-0.15, -0.1) is 0 Å². The highest BCUT2D eigenvalue weighted by atomic mass is 19.1. The summed E-state index contributed by atoms with van der Waals surface area (Å²) >= 11 is 0. The van der Waals surface area contributed by atoms with Crippen molar-refractivity contribution in [1.29, 1.82) is 0 Å². The molecule has 6 heteroatoms. The highest BCUT2D eigenvalue weighted by Gasteiger charge is 2.42. The van der Waals surface area contributed by atoms with Crippen molar-refractivity contribution in [3.8, 4) is 5.75 Å². The monoisotopic (exact) mass is 390 g/mol. The molecule has 0 radical (unpaired) electrons. The molecule has 0 spiro atoms. The van der Waals surface area contributed by atoms with Crippen molar-refractivity contribution in [3.05, 3.63) is 90.2 Å². The van der Waals surface area contributed by atoms with E-state index in [1.807, 2.05) is 6.07 Å². The number of nitrogens with zero attached hydrogens (tertiary/aromatic N) is 2. The topological polar surface area (TPSA) is 49.9 Å². The number of rotatable bonds is 4. The normalized spacial score (nSPS) is 16.8. The highest BCUT2D eigenvalue weighted by Crippen LogP contribution is 2.35. The lowest BCUT2D eigenvalue weighted by Gasteiger charge is -2.40. The Morgan fingerprint density at radius 3 is 2.21 bits per heavy atom. The predicted molar refractivity (Wildman–Crippen MR) is 108 cm³/mol. The first-order chi connectivity index (χ1) is 14.1. The third-order valence-corrected chi connectivity index (χ3v) is 4.93. The van der Waals surface area contributed by atoms with E-state index >= 15 is 0 Å². The van der Waals surface area contributed by atoms with Gasteiger partial charge < -0.3 is 4.74 Å². The first-order valence-electron chi connectivity index (χ1n) is 9.17. The molecule has 1 aliphatic heterocycles. The standard InChI is InChI=1S/C23H19FN2O3/c1-29-18-13-11-17(12-14-18)26-21(27)15-25(20-10-6-5-9-19(20)24)23(28)22(26)16-7-3-2-4-8-16/h2-14,22H,15H2,1H3/t22-/m0/s1. The van der Waals surface area contributed by atoms with Gasteiger partial charge in [-0.25, -0.2) is 4.39 Å². The number of benzene rings is 3. The first kappa shape index (κ1) is 18.7. The van der Waals surface area contributed by atoms with Gasteiger partial charge in [-0.2, -0.15) is 0 Å². The minimum Gasteiger partial charge on any atom is -0.497 e. The second kappa shape index (κ2) is 7.75. The molecule has 0 saturated carbocycles. The average Bonchev–Trinajstić information content (AvgIpc) is 2.76. The van der Waals surface area contributed by atoms with E-state index in [-0.39, 0.29) is 24.0 Å². The van der Waals surface area contributed by atoms with Gasteiger partial charge in [0.1, 0.15) is 24.2 Å². The predicted octanol–water partition coefficient (Wildman–Crippen LogP) is 3.96. The molecule has 146 valence electrons. The van der Waals surface area contributed by atoms with Crippen molar-refractivity contribution in [2.24, 2.45) is 0 Å². The highest BCUT2D eigenvalue weighted by molar-refractivity contribution is 6.14. The number of amides is 2. The molecule has 0 bridgehead atoms. The molecule has 1 saturated heterocycles. The number of ether oxygens (including phenoxy) is 1. The van der Waals surface area contributed by atoms with E-state index in [9.17, 15) is 14.0 Å². The fourth-order valence-electron chi connectivity index (χ4n) is 3.53. The fourth-order valence-corrected chi connectivity index (χ4v) is 3.53. The van der Waals surface area contributed by atoms with Crippen molar-refractivity contribution in [1.82, 2.24) is 0 Å². The van der Waals surface area contributed by atoms with Crippen LogP contribution in [-0.4, -0.2) is 25.5 Å². The molecule has 1 atom stereocenters. The second-order valence-corrected chi connectivity index (χ2v) is 6.65. The van der Waals surface area contributed by atoms with Crippen LogP contribution in [0.15, 0.2) is 78.9 Å². The second-order valence-electron chi connectivity index (χ2n) is 6.65. The lowest BCUT2D eigenvalue weighted by molar-refractivity contribution is -0.128. The van der Waals surface area contributed by atoms with Crippen LogP contribution in [0.1, 0.15) is 11.6 Å². The van der Waals surface area contributed by atoms with Gasteiger partial charge in [0.25, 0.3) is 5.91 Å². The molecule has 4 rings (SSSR count). The summed E-state index contributed by atoms with van der Waals surface area (Å²) < 4.78 is 19.6. The number of carbonyl (C=O) groups is 2. The zero-order valence-corrected chi connectivity index (χ0v) is 15.8. The molecule has 5 nitrogen and oxygen atoms in total. The summed E-state index contributed by atoms with van der Waals surface area (Å²) in [5.74, 6) is -0.560. The van der Waals surface area contributed by atoms with Crippen LogP contribution in [0.2, 0.25) is 0 Å². The fraction of sp³-hybridized carbons (Fsp3) is 0.130. The summed E-state index contributed by atoms with van der Waals surface area (Å²) in [7, 11) is 1.56. The van der Waals surface area contributed by atoms with Gasteiger partial charge >= 0.3 is 0 Å². The maximum atomic E-state index is 14.4. The van der Waals surface area contributed by atoms with Crippen molar-refractivity contribution in [2.45, 2.75) is 6.04 Å². The van der Waals surface area contributed by atoms with Crippen molar-refractivity contribution in [2.75, 3.05) is 23.5 Å². The van der Waals surface area contributed by atoms with Crippen LogP contribution in [0.4, 0.5) is 15.8 Å². The molecule has 0 aromatic heterocycles. The SMILES string of the molecule is COc1ccc(N2C(=O)CN(c3ccccc3F)C(=O)[C@@H]2c2ccccc2)cc1. The maximum Gasteiger partial charge on any atom is 0.255 e. The number of hydrogen-bond acceptors (Lipinski definition) is 3. The number of para-hydroxylation sites is 1. The molecule has 0 N–H and O–H groups in total. The number of piperazine rings is 1. The number of methoxy groups -OCH3 is 1. The Labute approximate surface area is 167 Å². The number of anilines is 2. The summed E-state index contributed by atoms with van der Waals surface area (Å²) in [5.41, 5.74) is 1.33. The zero-order chi connectivity index (χ0) is 20.4. The van der Waals surface area contributed by atoms with E-state index in [1.165, 1.54) is 21.9 Å². The largest absolute Gasteiger partial charge is 0.497 e.